The fourth-order valence-corrected chi connectivity index (χ4v) is 1.64. The van der Waals surface area contributed by atoms with Gasteiger partial charge < -0.3 is 5.73 Å². The van der Waals surface area contributed by atoms with Crippen LogP contribution in [0.1, 0.15) is 45.4 Å². The predicted molar refractivity (Wildman–Crippen MR) is 49.4 cm³/mol. The highest BCUT2D eigenvalue weighted by Crippen LogP contribution is 2.19. The van der Waals surface area contributed by atoms with Gasteiger partial charge in [0.15, 0.2) is 0 Å². The molecule has 0 bridgehead atoms. The fraction of sp³-hybridized carbons (Fsp3) is 0.800. The molecule has 1 heteroatoms. The molecular formula is C10H19N. The number of allylic oxidation sites excluding steroid dienone is 1. The van der Waals surface area contributed by atoms with Crippen LogP contribution in [0.15, 0.2) is 11.6 Å². The molecule has 0 radical (unpaired) electrons. The molecule has 1 atom stereocenters. The molecule has 0 heterocycles. The van der Waals surface area contributed by atoms with Gasteiger partial charge in [0.1, 0.15) is 0 Å². The van der Waals surface area contributed by atoms with E-state index in [-0.39, 0.29) is 0 Å². The second-order valence-electron chi connectivity index (χ2n) is 3.39. The van der Waals surface area contributed by atoms with E-state index in [9.17, 15) is 0 Å². The summed E-state index contributed by atoms with van der Waals surface area (Å²) in [5.74, 6) is 0. The van der Waals surface area contributed by atoms with Crippen LogP contribution in [0.4, 0.5) is 0 Å². The van der Waals surface area contributed by atoms with Gasteiger partial charge >= 0.3 is 0 Å². The minimum absolute atomic E-state index is 0.341. The molecule has 2 N–H and O–H groups in total. The lowest BCUT2D eigenvalue weighted by molar-refractivity contribution is 0.663. The van der Waals surface area contributed by atoms with Crippen molar-refractivity contribution in [3.63, 3.8) is 0 Å². The molecule has 0 spiro atoms. The van der Waals surface area contributed by atoms with Gasteiger partial charge in [-0.3, -0.25) is 0 Å². The molecular weight excluding hydrogens is 134 g/mol. The largest absolute Gasteiger partial charge is 0.324 e. The van der Waals surface area contributed by atoms with Crippen molar-refractivity contribution in [3.05, 3.63) is 11.6 Å². The molecule has 1 rings (SSSR count). The highest BCUT2D eigenvalue weighted by Gasteiger charge is 2.08. The van der Waals surface area contributed by atoms with Crippen LogP contribution in [0, 0.1) is 0 Å². The van der Waals surface area contributed by atoms with Crippen molar-refractivity contribution in [1.29, 1.82) is 0 Å². The summed E-state index contributed by atoms with van der Waals surface area (Å²) in [4.78, 5) is 0. The van der Waals surface area contributed by atoms with Crippen molar-refractivity contribution in [2.24, 2.45) is 5.73 Å². The lowest BCUT2D eigenvalue weighted by Crippen LogP contribution is -2.21. The minimum Gasteiger partial charge on any atom is -0.324 e. The topological polar surface area (TPSA) is 26.0 Å². The second-order valence-corrected chi connectivity index (χ2v) is 3.39. The molecule has 1 aliphatic carbocycles. The van der Waals surface area contributed by atoms with Gasteiger partial charge in [-0.2, -0.15) is 0 Å². The number of hydrogen-bond donors (Lipinski definition) is 1. The van der Waals surface area contributed by atoms with Gasteiger partial charge in [-0.15, -0.1) is 0 Å². The highest BCUT2D eigenvalue weighted by molar-refractivity contribution is 5.10. The van der Waals surface area contributed by atoms with Gasteiger partial charge in [0.2, 0.25) is 0 Å². The predicted octanol–water partition coefficient (Wildman–Crippen LogP) is 2.61. The van der Waals surface area contributed by atoms with E-state index in [0.717, 1.165) is 6.42 Å². The van der Waals surface area contributed by atoms with Crippen LogP contribution in [-0.4, -0.2) is 6.04 Å². The van der Waals surface area contributed by atoms with Crippen LogP contribution in [0.2, 0.25) is 0 Å². The molecule has 64 valence electrons. The molecule has 0 saturated carbocycles. The summed E-state index contributed by atoms with van der Waals surface area (Å²) in [5.41, 5.74) is 7.45. The first-order chi connectivity index (χ1) is 5.34. The lowest BCUT2D eigenvalue weighted by Gasteiger charge is -2.11. The lowest BCUT2D eigenvalue weighted by atomic mass is 10.0. The molecule has 0 fully saturated rings. The van der Waals surface area contributed by atoms with E-state index in [0.29, 0.717) is 6.04 Å². The monoisotopic (exact) mass is 153 g/mol. The molecule has 0 amide bonds. The van der Waals surface area contributed by atoms with Crippen LogP contribution in [0.5, 0.6) is 0 Å². The van der Waals surface area contributed by atoms with Gasteiger partial charge in [-0.05, 0) is 32.1 Å². The molecule has 0 aromatic rings. The van der Waals surface area contributed by atoms with Crippen LogP contribution in [0.25, 0.3) is 0 Å². The fourth-order valence-electron chi connectivity index (χ4n) is 1.64. The Labute approximate surface area is 69.7 Å². The summed E-state index contributed by atoms with van der Waals surface area (Å²) in [7, 11) is 0. The average molecular weight is 153 g/mol. The second kappa shape index (κ2) is 4.55. The zero-order chi connectivity index (χ0) is 8.10. The molecule has 1 aliphatic rings. The van der Waals surface area contributed by atoms with Crippen molar-refractivity contribution in [1.82, 2.24) is 0 Å². The van der Waals surface area contributed by atoms with Crippen molar-refractivity contribution in [2.75, 3.05) is 0 Å². The van der Waals surface area contributed by atoms with Gasteiger partial charge in [0, 0.05) is 6.04 Å². The summed E-state index contributed by atoms with van der Waals surface area (Å²) in [5, 5.41) is 0. The Kier molecular flexibility index (Phi) is 3.64. The van der Waals surface area contributed by atoms with Gasteiger partial charge in [0.05, 0.1) is 0 Å². The Morgan fingerprint density at radius 2 is 2.27 bits per heavy atom. The number of rotatable bonds is 2. The zero-order valence-corrected chi connectivity index (χ0v) is 7.47. The first-order valence-corrected chi connectivity index (χ1v) is 4.79. The first kappa shape index (κ1) is 8.79. The Bertz CT molecular complexity index is 138. The Hall–Kier alpha value is -0.300. The molecule has 0 saturated heterocycles. The maximum absolute atomic E-state index is 5.95. The normalized spacial score (nSPS) is 22.2. The van der Waals surface area contributed by atoms with E-state index >= 15 is 0 Å². The van der Waals surface area contributed by atoms with Crippen LogP contribution < -0.4 is 5.73 Å². The van der Waals surface area contributed by atoms with Crippen molar-refractivity contribution >= 4 is 0 Å². The Morgan fingerprint density at radius 1 is 1.45 bits per heavy atom. The molecule has 1 unspecified atom stereocenters. The Morgan fingerprint density at radius 3 is 3.00 bits per heavy atom. The average Bonchev–Trinajstić information content (AvgIpc) is 2.30. The van der Waals surface area contributed by atoms with Gasteiger partial charge in [-0.1, -0.05) is 25.0 Å². The van der Waals surface area contributed by atoms with Crippen molar-refractivity contribution in [3.8, 4) is 0 Å². The summed E-state index contributed by atoms with van der Waals surface area (Å²) in [6, 6.07) is 0.341. The molecule has 1 nitrogen and oxygen atoms in total. The maximum atomic E-state index is 5.95. The third-order valence-electron chi connectivity index (χ3n) is 2.49. The highest BCUT2D eigenvalue weighted by atomic mass is 14.6. The minimum atomic E-state index is 0.341. The number of nitrogens with two attached hydrogens (primary N) is 1. The van der Waals surface area contributed by atoms with Crippen molar-refractivity contribution in [2.45, 2.75) is 51.5 Å². The van der Waals surface area contributed by atoms with E-state index in [1.54, 1.807) is 0 Å². The van der Waals surface area contributed by atoms with Crippen LogP contribution >= 0.6 is 0 Å². The third-order valence-corrected chi connectivity index (χ3v) is 2.49. The third kappa shape index (κ3) is 2.66. The first-order valence-electron chi connectivity index (χ1n) is 4.79. The van der Waals surface area contributed by atoms with Gasteiger partial charge in [0.25, 0.3) is 0 Å². The molecule has 0 aliphatic heterocycles. The molecule has 11 heavy (non-hydrogen) atoms. The van der Waals surface area contributed by atoms with Crippen molar-refractivity contribution < 1.29 is 0 Å². The van der Waals surface area contributed by atoms with E-state index < -0.39 is 0 Å². The quantitative estimate of drug-likeness (QED) is 0.606. The smallest absolute Gasteiger partial charge is 0.0250 e. The summed E-state index contributed by atoms with van der Waals surface area (Å²) in [6.07, 6.45) is 10.0. The summed E-state index contributed by atoms with van der Waals surface area (Å²) in [6.45, 7) is 2.16. The van der Waals surface area contributed by atoms with E-state index in [4.69, 9.17) is 5.73 Å². The van der Waals surface area contributed by atoms with E-state index in [1.807, 2.05) is 0 Å². The van der Waals surface area contributed by atoms with Gasteiger partial charge in [-0.25, -0.2) is 0 Å². The van der Waals surface area contributed by atoms with Crippen LogP contribution in [0.3, 0.4) is 0 Å². The molecule has 0 aromatic heterocycles. The zero-order valence-electron chi connectivity index (χ0n) is 7.47. The van der Waals surface area contributed by atoms with E-state index in [1.165, 1.54) is 37.7 Å². The Balaban J connectivity index is 2.46. The number of hydrogen-bond acceptors (Lipinski definition) is 1. The summed E-state index contributed by atoms with van der Waals surface area (Å²) >= 11 is 0. The SMILES string of the molecule is CCC(N)C1=CCCCCC1. The summed E-state index contributed by atoms with van der Waals surface area (Å²) < 4.78 is 0. The maximum Gasteiger partial charge on any atom is 0.0250 e. The molecule has 0 aromatic carbocycles. The van der Waals surface area contributed by atoms with Crippen LogP contribution in [-0.2, 0) is 0 Å². The van der Waals surface area contributed by atoms with E-state index in [2.05, 4.69) is 13.0 Å². The standard InChI is InChI=1S/C10H19N/c1-2-10(11)9-7-5-3-4-6-8-9/h7,10H,2-6,8,11H2,1H3.